The molecule has 1 atom stereocenters. The van der Waals surface area contributed by atoms with Gasteiger partial charge in [-0.15, -0.1) is 0 Å². The Labute approximate surface area is 202 Å². The van der Waals surface area contributed by atoms with Crippen LogP contribution in [0.2, 0.25) is 0 Å². The number of hydrogen-bond donors (Lipinski definition) is 1. The minimum absolute atomic E-state index is 0.0724. The highest BCUT2D eigenvalue weighted by Crippen LogP contribution is 2.32. The van der Waals surface area contributed by atoms with Crippen LogP contribution in [0.4, 0.5) is 11.4 Å². The first kappa shape index (κ1) is 26.7. The molecule has 0 aliphatic heterocycles. The van der Waals surface area contributed by atoms with Crippen molar-refractivity contribution >= 4 is 34.9 Å². The van der Waals surface area contributed by atoms with Gasteiger partial charge in [0.05, 0.1) is 23.6 Å². The van der Waals surface area contributed by atoms with Gasteiger partial charge in [0.2, 0.25) is 5.91 Å². The third-order valence-corrected chi connectivity index (χ3v) is 4.85. The highest BCUT2D eigenvalue weighted by molar-refractivity contribution is 6.13. The van der Waals surface area contributed by atoms with E-state index in [4.69, 9.17) is 4.74 Å². The molecule has 0 saturated carbocycles. The molecule has 10 heteroatoms. The van der Waals surface area contributed by atoms with Crippen LogP contribution < -0.4 is 10.2 Å². The maximum atomic E-state index is 13.4. The number of nitro groups is 1. The minimum atomic E-state index is -1.34. The highest BCUT2D eigenvalue weighted by atomic mass is 16.6. The zero-order valence-corrected chi connectivity index (χ0v) is 19.6. The van der Waals surface area contributed by atoms with Crippen molar-refractivity contribution < 1.29 is 28.8 Å². The molecule has 182 valence electrons. The molecule has 0 unspecified atom stereocenters. The van der Waals surface area contributed by atoms with Gasteiger partial charge in [0, 0.05) is 24.2 Å². The van der Waals surface area contributed by atoms with Crippen LogP contribution >= 0.6 is 0 Å². The second-order valence-electron chi connectivity index (χ2n) is 7.22. The molecule has 2 amide bonds. The lowest BCUT2D eigenvalue weighted by molar-refractivity contribution is -0.384. The van der Waals surface area contributed by atoms with Crippen molar-refractivity contribution in [3.05, 3.63) is 69.8 Å². The molecule has 35 heavy (non-hydrogen) atoms. The molecule has 2 rings (SSSR count). The van der Waals surface area contributed by atoms with Crippen LogP contribution in [0.3, 0.4) is 0 Å². The predicted molar refractivity (Wildman–Crippen MR) is 127 cm³/mol. The summed E-state index contributed by atoms with van der Waals surface area (Å²) < 4.78 is 4.86. The minimum Gasteiger partial charge on any atom is -0.466 e. The number of Topliss-reactive ketones (excluding diaryl/α,β-unsaturated/α-hetero) is 1. The van der Waals surface area contributed by atoms with Gasteiger partial charge in [0.1, 0.15) is 6.04 Å². The van der Waals surface area contributed by atoms with Crippen molar-refractivity contribution in [1.29, 1.82) is 0 Å². The van der Waals surface area contributed by atoms with E-state index < -0.39 is 28.7 Å². The molecule has 0 heterocycles. The van der Waals surface area contributed by atoms with Crippen molar-refractivity contribution in [2.45, 2.75) is 33.2 Å². The Morgan fingerprint density at radius 2 is 1.77 bits per heavy atom. The van der Waals surface area contributed by atoms with E-state index in [-0.39, 0.29) is 47.9 Å². The largest absolute Gasteiger partial charge is 0.466 e. The van der Waals surface area contributed by atoms with Crippen LogP contribution in [0.1, 0.15) is 49.2 Å². The summed E-state index contributed by atoms with van der Waals surface area (Å²) in [6, 6.07) is 10.0. The summed E-state index contributed by atoms with van der Waals surface area (Å²) in [6.45, 7) is 4.56. The van der Waals surface area contributed by atoms with Crippen LogP contribution in [0.25, 0.3) is 0 Å². The second-order valence-corrected chi connectivity index (χ2v) is 7.22. The highest BCUT2D eigenvalue weighted by Gasteiger charge is 2.34. The summed E-state index contributed by atoms with van der Waals surface area (Å²) in [7, 11) is 0. The molecule has 2 aromatic carbocycles. The summed E-state index contributed by atoms with van der Waals surface area (Å²) in [6.07, 6.45) is -0.0979. The normalized spacial score (nSPS) is 10.8. The number of rotatable bonds is 10. The Morgan fingerprint density at radius 1 is 1.11 bits per heavy atom. The number of nitrogens with zero attached hydrogens (tertiary/aromatic N) is 2. The van der Waals surface area contributed by atoms with Crippen LogP contribution in [-0.4, -0.2) is 41.6 Å². The number of nitro benzene ring substituents is 1. The molecule has 0 saturated heterocycles. The molecule has 10 nitrogen and oxygen atoms in total. The van der Waals surface area contributed by atoms with Crippen LogP contribution in [0, 0.1) is 22.0 Å². The van der Waals surface area contributed by atoms with E-state index in [0.29, 0.717) is 0 Å². The maximum Gasteiger partial charge on any atom is 0.307 e. The molecule has 0 bridgehead atoms. The lowest BCUT2D eigenvalue weighted by Gasteiger charge is -2.31. The van der Waals surface area contributed by atoms with Gasteiger partial charge >= 0.3 is 11.9 Å². The van der Waals surface area contributed by atoms with Crippen molar-refractivity contribution in [1.82, 2.24) is 5.32 Å². The summed E-state index contributed by atoms with van der Waals surface area (Å²) >= 11 is 0. The van der Waals surface area contributed by atoms with Gasteiger partial charge in [0.15, 0.2) is 5.78 Å². The van der Waals surface area contributed by atoms with Crippen molar-refractivity contribution in [3.8, 4) is 11.8 Å². The molecular formula is C25H25N3O7. The first-order valence-corrected chi connectivity index (χ1v) is 10.7. The number of nitrogens with one attached hydrogen (secondary N) is 1. The lowest BCUT2D eigenvalue weighted by atomic mass is 10.00. The van der Waals surface area contributed by atoms with Gasteiger partial charge in [-0.2, -0.15) is 0 Å². The number of ether oxygens (including phenoxy) is 1. The van der Waals surface area contributed by atoms with E-state index in [1.165, 1.54) is 50.2 Å². The summed E-state index contributed by atoms with van der Waals surface area (Å²) in [5, 5.41) is 13.7. The smallest absolute Gasteiger partial charge is 0.307 e. The number of non-ortho nitro benzene ring substituents is 1. The molecule has 0 fully saturated rings. The SMILES string of the molecule is CC#CC(=O)N(c1ccccc1C(C)=O)[C@H](C(=O)NCCC(=O)OCC)c1ccc([N+](=O)[O-])cc1. The molecule has 1 N–H and O–H groups in total. The lowest BCUT2D eigenvalue weighted by Crippen LogP contribution is -2.44. The van der Waals surface area contributed by atoms with Gasteiger partial charge < -0.3 is 10.1 Å². The monoisotopic (exact) mass is 479 g/mol. The number of carbonyl (C=O) groups excluding carboxylic acids is 4. The molecule has 0 radical (unpaired) electrons. The summed E-state index contributed by atoms with van der Waals surface area (Å²) in [5.74, 6) is 2.62. The first-order valence-electron chi connectivity index (χ1n) is 10.7. The number of anilines is 1. The molecule has 2 aromatic rings. The maximum absolute atomic E-state index is 13.4. The second kappa shape index (κ2) is 12.6. The number of amides is 2. The van der Waals surface area contributed by atoms with Crippen LogP contribution in [0.5, 0.6) is 0 Å². The Bertz CT molecular complexity index is 1180. The fourth-order valence-electron chi connectivity index (χ4n) is 3.33. The molecule has 0 spiro atoms. The first-order chi connectivity index (χ1) is 16.7. The third-order valence-electron chi connectivity index (χ3n) is 4.85. The van der Waals surface area contributed by atoms with E-state index in [1.807, 2.05) is 0 Å². The molecular weight excluding hydrogens is 454 g/mol. The van der Waals surface area contributed by atoms with Crippen molar-refractivity contribution in [2.75, 3.05) is 18.1 Å². The summed E-state index contributed by atoms with van der Waals surface area (Å²) in [4.78, 5) is 62.1. The Kier molecular flexibility index (Phi) is 9.66. The van der Waals surface area contributed by atoms with Crippen LogP contribution in [-0.2, 0) is 19.1 Å². The number of carbonyl (C=O) groups is 4. The van der Waals surface area contributed by atoms with Gasteiger partial charge in [-0.25, -0.2) is 0 Å². The number of benzene rings is 2. The van der Waals surface area contributed by atoms with Crippen molar-refractivity contribution in [2.24, 2.45) is 0 Å². The predicted octanol–water partition coefficient (Wildman–Crippen LogP) is 2.96. The Morgan fingerprint density at radius 3 is 2.34 bits per heavy atom. The topological polar surface area (TPSA) is 136 Å². The van der Waals surface area contributed by atoms with E-state index in [2.05, 4.69) is 17.2 Å². The van der Waals surface area contributed by atoms with E-state index in [1.54, 1.807) is 19.1 Å². The average molecular weight is 479 g/mol. The quantitative estimate of drug-likeness (QED) is 0.182. The zero-order chi connectivity index (χ0) is 26.0. The van der Waals surface area contributed by atoms with E-state index in [9.17, 15) is 29.3 Å². The van der Waals surface area contributed by atoms with Gasteiger partial charge in [-0.1, -0.05) is 18.1 Å². The van der Waals surface area contributed by atoms with E-state index >= 15 is 0 Å². The fourth-order valence-corrected chi connectivity index (χ4v) is 3.33. The van der Waals surface area contributed by atoms with Gasteiger partial charge in [0.25, 0.3) is 5.69 Å². The average Bonchev–Trinajstić information content (AvgIpc) is 2.82. The summed E-state index contributed by atoms with van der Waals surface area (Å²) in [5.41, 5.74) is 0.376. The van der Waals surface area contributed by atoms with Crippen LogP contribution in [0.15, 0.2) is 48.5 Å². The standard InChI is InChI=1S/C25H25N3O7/c1-4-8-22(30)27(21-10-7-6-9-20(21)17(3)29)24(18-11-13-19(14-12-18)28(33)34)25(32)26-16-15-23(31)35-5-2/h6-7,9-14,24H,5,15-16H2,1-3H3,(H,26,32)/t24-/m0/s1. The fraction of sp³-hybridized carbons (Fsp3) is 0.280. The molecule has 0 aliphatic carbocycles. The number of para-hydroxylation sites is 1. The number of esters is 1. The molecule has 0 aromatic heterocycles. The van der Waals surface area contributed by atoms with E-state index in [0.717, 1.165) is 4.90 Å². The zero-order valence-electron chi connectivity index (χ0n) is 19.6. The Balaban J connectivity index is 2.61. The van der Waals surface area contributed by atoms with Gasteiger partial charge in [-0.3, -0.25) is 34.2 Å². The Hall–Kier alpha value is -4.52. The number of hydrogen-bond acceptors (Lipinski definition) is 7. The number of ketones is 1. The third kappa shape index (κ3) is 6.98. The van der Waals surface area contributed by atoms with Crippen molar-refractivity contribution in [3.63, 3.8) is 0 Å². The van der Waals surface area contributed by atoms with Gasteiger partial charge in [-0.05, 0) is 56.5 Å². The molecule has 0 aliphatic rings.